The number of amides is 1. The SMILES string of the molecule is CC(=O)C(NC(=O)CN(C)C1CCCCC1)C(C)C. The molecule has 0 radical (unpaired) electrons. The highest BCUT2D eigenvalue weighted by Gasteiger charge is 2.23. The molecule has 1 N–H and O–H groups in total. The van der Waals surface area contributed by atoms with Crippen molar-refractivity contribution >= 4 is 11.7 Å². The fraction of sp³-hybridized carbons (Fsp3) is 0.867. The highest BCUT2D eigenvalue weighted by molar-refractivity contribution is 5.88. The van der Waals surface area contributed by atoms with Crippen LogP contribution in [0.2, 0.25) is 0 Å². The molecule has 0 saturated heterocycles. The number of hydrogen-bond donors (Lipinski definition) is 1. The average molecular weight is 268 g/mol. The van der Waals surface area contributed by atoms with Crippen LogP contribution in [0.5, 0.6) is 0 Å². The second-order valence-corrected chi connectivity index (χ2v) is 6.11. The Labute approximate surface area is 116 Å². The topological polar surface area (TPSA) is 49.4 Å². The van der Waals surface area contributed by atoms with Crippen molar-refractivity contribution in [2.75, 3.05) is 13.6 Å². The highest BCUT2D eigenvalue weighted by atomic mass is 16.2. The Bertz CT molecular complexity index is 309. The fourth-order valence-corrected chi connectivity index (χ4v) is 2.83. The molecule has 1 aliphatic rings. The Morgan fingerprint density at radius 3 is 2.26 bits per heavy atom. The highest BCUT2D eigenvalue weighted by Crippen LogP contribution is 2.21. The first-order valence-corrected chi connectivity index (χ1v) is 7.42. The Balaban J connectivity index is 2.42. The maximum Gasteiger partial charge on any atom is 0.234 e. The van der Waals surface area contributed by atoms with E-state index in [0.29, 0.717) is 12.6 Å². The minimum Gasteiger partial charge on any atom is -0.345 e. The number of ketones is 1. The van der Waals surface area contributed by atoms with Gasteiger partial charge in [-0.05, 0) is 32.7 Å². The van der Waals surface area contributed by atoms with Gasteiger partial charge in [-0.15, -0.1) is 0 Å². The predicted molar refractivity (Wildman–Crippen MR) is 77.0 cm³/mol. The van der Waals surface area contributed by atoms with Gasteiger partial charge in [-0.3, -0.25) is 14.5 Å². The van der Waals surface area contributed by atoms with Gasteiger partial charge >= 0.3 is 0 Å². The lowest BCUT2D eigenvalue weighted by molar-refractivity contribution is -0.128. The molecule has 19 heavy (non-hydrogen) atoms. The number of Topliss-reactive ketones (excluding diaryl/α,β-unsaturated/α-hetero) is 1. The first-order chi connectivity index (χ1) is 8.91. The summed E-state index contributed by atoms with van der Waals surface area (Å²) in [5, 5.41) is 2.86. The van der Waals surface area contributed by atoms with Gasteiger partial charge in [-0.1, -0.05) is 33.1 Å². The summed E-state index contributed by atoms with van der Waals surface area (Å²) in [5.41, 5.74) is 0. The van der Waals surface area contributed by atoms with Gasteiger partial charge in [-0.25, -0.2) is 0 Å². The molecule has 0 bridgehead atoms. The van der Waals surface area contributed by atoms with Crippen LogP contribution in [0.4, 0.5) is 0 Å². The fourth-order valence-electron chi connectivity index (χ4n) is 2.83. The lowest BCUT2D eigenvalue weighted by Crippen LogP contribution is -2.48. The number of carbonyl (C=O) groups excluding carboxylic acids is 2. The maximum absolute atomic E-state index is 12.0. The monoisotopic (exact) mass is 268 g/mol. The van der Waals surface area contributed by atoms with Crippen LogP contribution in [-0.4, -0.2) is 42.3 Å². The lowest BCUT2D eigenvalue weighted by Gasteiger charge is -2.31. The summed E-state index contributed by atoms with van der Waals surface area (Å²) in [6.07, 6.45) is 6.21. The zero-order chi connectivity index (χ0) is 14.4. The summed E-state index contributed by atoms with van der Waals surface area (Å²) in [4.78, 5) is 25.6. The van der Waals surface area contributed by atoms with Crippen LogP contribution in [0.25, 0.3) is 0 Å². The van der Waals surface area contributed by atoms with Crippen molar-refractivity contribution in [3.8, 4) is 0 Å². The number of rotatable bonds is 6. The molecule has 0 aromatic carbocycles. The van der Waals surface area contributed by atoms with Gasteiger partial charge in [-0.2, -0.15) is 0 Å². The van der Waals surface area contributed by atoms with Crippen molar-refractivity contribution in [3.05, 3.63) is 0 Å². The zero-order valence-corrected chi connectivity index (χ0v) is 12.7. The van der Waals surface area contributed by atoms with Crippen LogP contribution in [0.3, 0.4) is 0 Å². The van der Waals surface area contributed by atoms with Crippen LogP contribution < -0.4 is 5.32 Å². The van der Waals surface area contributed by atoms with Gasteiger partial charge in [0.25, 0.3) is 0 Å². The smallest absolute Gasteiger partial charge is 0.234 e. The number of carbonyl (C=O) groups is 2. The Morgan fingerprint density at radius 2 is 1.79 bits per heavy atom. The van der Waals surface area contributed by atoms with Gasteiger partial charge in [0.05, 0.1) is 12.6 Å². The molecule has 0 aromatic heterocycles. The van der Waals surface area contributed by atoms with E-state index in [1.165, 1.54) is 39.0 Å². The molecule has 1 amide bonds. The summed E-state index contributed by atoms with van der Waals surface area (Å²) in [7, 11) is 2.01. The molecule has 110 valence electrons. The third-order valence-corrected chi connectivity index (χ3v) is 4.01. The Kier molecular flexibility index (Phi) is 6.49. The Morgan fingerprint density at radius 1 is 1.21 bits per heavy atom. The predicted octanol–water partition coefficient (Wildman–Crippen LogP) is 1.98. The van der Waals surface area contributed by atoms with Gasteiger partial charge < -0.3 is 5.32 Å². The molecule has 0 spiro atoms. The zero-order valence-electron chi connectivity index (χ0n) is 12.7. The summed E-state index contributed by atoms with van der Waals surface area (Å²) in [6, 6.07) is 0.168. The Hall–Kier alpha value is -0.900. The van der Waals surface area contributed by atoms with Gasteiger partial charge in [0.15, 0.2) is 5.78 Å². The van der Waals surface area contributed by atoms with Crippen LogP contribution in [0, 0.1) is 5.92 Å². The second kappa shape index (κ2) is 7.63. The lowest BCUT2D eigenvalue weighted by atomic mass is 9.94. The van der Waals surface area contributed by atoms with E-state index in [-0.39, 0.29) is 23.7 Å². The molecule has 0 heterocycles. The number of nitrogens with one attached hydrogen (secondary N) is 1. The summed E-state index contributed by atoms with van der Waals surface area (Å²) in [5.74, 6) is 0.132. The van der Waals surface area contributed by atoms with Crippen LogP contribution in [0.1, 0.15) is 52.9 Å². The molecule has 1 fully saturated rings. The summed E-state index contributed by atoms with van der Waals surface area (Å²) >= 11 is 0. The van der Waals surface area contributed by atoms with E-state index in [0.717, 1.165) is 0 Å². The van der Waals surface area contributed by atoms with Crippen LogP contribution >= 0.6 is 0 Å². The van der Waals surface area contributed by atoms with E-state index in [1.807, 2.05) is 20.9 Å². The number of hydrogen-bond acceptors (Lipinski definition) is 3. The van der Waals surface area contributed by atoms with E-state index >= 15 is 0 Å². The largest absolute Gasteiger partial charge is 0.345 e. The van der Waals surface area contributed by atoms with E-state index < -0.39 is 0 Å². The average Bonchev–Trinajstić information content (AvgIpc) is 2.36. The first kappa shape index (κ1) is 16.2. The van der Waals surface area contributed by atoms with E-state index in [1.54, 1.807) is 0 Å². The normalized spacial score (nSPS) is 18.6. The molecular weight excluding hydrogens is 240 g/mol. The summed E-state index contributed by atoms with van der Waals surface area (Å²) in [6.45, 7) is 5.84. The maximum atomic E-state index is 12.0. The third kappa shape index (κ3) is 5.31. The molecule has 0 aromatic rings. The number of nitrogens with zero attached hydrogens (tertiary/aromatic N) is 1. The molecule has 0 aliphatic heterocycles. The molecular formula is C15H28N2O2. The molecule has 4 heteroatoms. The van der Waals surface area contributed by atoms with E-state index in [9.17, 15) is 9.59 Å². The molecule has 4 nitrogen and oxygen atoms in total. The van der Waals surface area contributed by atoms with Crippen LogP contribution in [-0.2, 0) is 9.59 Å². The van der Waals surface area contributed by atoms with E-state index in [4.69, 9.17) is 0 Å². The van der Waals surface area contributed by atoms with Gasteiger partial charge in [0, 0.05) is 6.04 Å². The molecule has 1 atom stereocenters. The quantitative estimate of drug-likeness (QED) is 0.801. The standard InChI is InChI=1S/C15H28N2O2/c1-11(2)15(12(3)18)16-14(19)10-17(4)13-8-6-5-7-9-13/h11,13,15H,5-10H2,1-4H3,(H,16,19). The first-order valence-electron chi connectivity index (χ1n) is 7.42. The third-order valence-electron chi connectivity index (χ3n) is 4.01. The van der Waals surface area contributed by atoms with Crippen LogP contribution in [0.15, 0.2) is 0 Å². The van der Waals surface area contributed by atoms with Crippen molar-refractivity contribution in [3.63, 3.8) is 0 Å². The summed E-state index contributed by atoms with van der Waals surface area (Å²) < 4.78 is 0. The van der Waals surface area contributed by atoms with Crippen molar-refractivity contribution in [2.24, 2.45) is 5.92 Å². The second-order valence-electron chi connectivity index (χ2n) is 6.11. The van der Waals surface area contributed by atoms with Crippen molar-refractivity contribution in [1.82, 2.24) is 10.2 Å². The molecule has 1 aliphatic carbocycles. The molecule has 1 unspecified atom stereocenters. The molecule has 1 rings (SSSR count). The van der Waals surface area contributed by atoms with Crippen molar-refractivity contribution in [1.29, 1.82) is 0 Å². The van der Waals surface area contributed by atoms with Crippen molar-refractivity contribution < 1.29 is 9.59 Å². The molecule has 1 saturated carbocycles. The minimum absolute atomic E-state index is 0.0312. The van der Waals surface area contributed by atoms with Gasteiger partial charge in [0.1, 0.15) is 0 Å². The van der Waals surface area contributed by atoms with Crippen molar-refractivity contribution in [2.45, 2.75) is 65.0 Å². The minimum atomic E-state index is -0.354. The van der Waals surface area contributed by atoms with E-state index in [2.05, 4.69) is 10.2 Å². The van der Waals surface area contributed by atoms with Gasteiger partial charge in [0.2, 0.25) is 5.91 Å². The number of likely N-dealkylation sites (N-methyl/N-ethyl adjacent to an activating group) is 1.